The van der Waals surface area contributed by atoms with E-state index < -0.39 is 11.6 Å². The molecular weight excluding hydrogens is 196 g/mol. The molecule has 3 heteroatoms. The third kappa shape index (κ3) is 2.99. The van der Waals surface area contributed by atoms with Gasteiger partial charge in [0.05, 0.1) is 0 Å². The molecule has 0 fully saturated rings. The zero-order chi connectivity index (χ0) is 11.3. The van der Waals surface area contributed by atoms with E-state index in [9.17, 15) is 8.78 Å². The summed E-state index contributed by atoms with van der Waals surface area (Å²) in [4.78, 5) is 0. The van der Waals surface area contributed by atoms with Crippen LogP contribution in [0.1, 0.15) is 38.3 Å². The van der Waals surface area contributed by atoms with Gasteiger partial charge in [-0.2, -0.15) is 0 Å². The molecule has 1 aromatic rings. The molecule has 0 radical (unpaired) electrons. The maximum Gasteiger partial charge on any atom is 0.130 e. The zero-order valence-corrected chi connectivity index (χ0v) is 9.19. The fraction of sp³-hybridized carbons (Fsp3) is 0.500. The van der Waals surface area contributed by atoms with E-state index in [1.807, 2.05) is 13.8 Å². The largest absolute Gasteiger partial charge is 0.310 e. The van der Waals surface area contributed by atoms with Crippen molar-refractivity contribution >= 4 is 0 Å². The molecule has 0 aliphatic rings. The lowest BCUT2D eigenvalue weighted by molar-refractivity contribution is 0.457. The Morgan fingerprint density at radius 1 is 1.20 bits per heavy atom. The highest BCUT2D eigenvalue weighted by Gasteiger charge is 2.17. The summed E-state index contributed by atoms with van der Waals surface area (Å²) < 4.78 is 26.9. The molecule has 0 spiro atoms. The minimum absolute atomic E-state index is 0.161. The Kier molecular flexibility index (Phi) is 4.69. The van der Waals surface area contributed by atoms with Crippen molar-refractivity contribution < 1.29 is 8.78 Å². The maximum atomic E-state index is 13.4. The summed E-state index contributed by atoms with van der Waals surface area (Å²) >= 11 is 0. The second kappa shape index (κ2) is 5.81. The summed E-state index contributed by atoms with van der Waals surface area (Å²) in [5.74, 6) is -0.934. The smallest absolute Gasteiger partial charge is 0.130 e. The van der Waals surface area contributed by atoms with Crippen molar-refractivity contribution in [2.24, 2.45) is 0 Å². The van der Waals surface area contributed by atoms with Crippen molar-refractivity contribution in [2.75, 3.05) is 6.54 Å². The van der Waals surface area contributed by atoms with Gasteiger partial charge < -0.3 is 5.32 Å². The summed E-state index contributed by atoms with van der Waals surface area (Å²) in [5, 5.41) is 3.14. The Balaban J connectivity index is 2.90. The van der Waals surface area contributed by atoms with E-state index in [2.05, 4.69) is 5.32 Å². The number of nitrogens with one attached hydrogen (secondary N) is 1. The van der Waals surface area contributed by atoms with Gasteiger partial charge in [0.2, 0.25) is 0 Å². The second-order valence-electron chi connectivity index (χ2n) is 3.55. The van der Waals surface area contributed by atoms with E-state index in [1.165, 1.54) is 18.2 Å². The highest BCUT2D eigenvalue weighted by molar-refractivity contribution is 5.23. The van der Waals surface area contributed by atoms with Crippen molar-refractivity contribution in [1.82, 2.24) is 5.32 Å². The number of benzene rings is 1. The second-order valence-corrected chi connectivity index (χ2v) is 3.55. The molecule has 0 amide bonds. The first-order valence-corrected chi connectivity index (χ1v) is 5.38. The highest BCUT2D eigenvalue weighted by Crippen LogP contribution is 2.22. The van der Waals surface area contributed by atoms with Crippen molar-refractivity contribution in [2.45, 2.75) is 32.7 Å². The van der Waals surface area contributed by atoms with Gasteiger partial charge in [-0.15, -0.1) is 0 Å². The number of hydrogen-bond acceptors (Lipinski definition) is 1. The molecule has 0 aromatic heterocycles. The molecule has 0 aliphatic carbocycles. The average molecular weight is 213 g/mol. The average Bonchev–Trinajstić information content (AvgIpc) is 2.22. The molecule has 1 N–H and O–H groups in total. The Morgan fingerprint density at radius 3 is 2.27 bits per heavy atom. The molecule has 84 valence electrons. The number of halogens is 2. The van der Waals surface area contributed by atoms with Crippen molar-refractivity contribution in [1.29, 1.82) is 0 Å². The van der Waals surface area contributed by atoms with E-state index in [1.54, 1.807) is 0 Å². The summed E-state index contributed by atoms with van der Waals surface area (Å²) in [6.07, 6.45) is 1.63. The lowest BCUT2D eigenvalue weighted by Gasteiger charge is -2.18. The molecule has 0 saturated heterocycles. The first-order chi connectivity index (χ1) is 7.20. The quantitative estimate of drug-likeness (QED) is 0.790. The summed E-state index contributed by atoms with van der Waals surface area (Å²) in [6.45, 7) is 4.71. The van der Waals surface area contributed by atoms with Crippen LogP contribution in [0.2, 0.25) is 0 Å². The summed E-state index contributed by atoms with van der Waals surface area (Å²) in [5.41, 5.74) is 0.161. The first kappa shape index (κ1) is 12.1. The lowest BCUT2D eigenvalue weighted by Crippen LogP contribution is -2.23. The van der Waals surface area contributed by atoms with Crippen molar-refractivity contribution in [3.63, 3.8) is 0 Å². The van der Waals surface area contributed by atoms with Crippen LogP contribution in [0.5, 0.6) is 0 Å². The van der Waals surface area contributed by atoms with Gasteiger partial charge in [0.25, 0.3) is 0 Å². The predicted octanol–water partition coefficient (Wildman–Crippen LogP) is 3.42. The molecule has 0 heterocycles. The van der Waals surface area contributed by atoms with Crippen LogP contribution in [0, 0.1) is 11.6 Å². The van der Waals surface area contributed by atoms with Crippen LogP contribution in [0.25, 0.3) is 0 Å². The van der Waals surface area contributed by atoms with Crippen LogP contribution in [-0.2, 0) is 0 Å². The molecule has 1 atom stereocenters. The van der Waals surface area contributed by atoms with Crippen molar-refractivity contribution in [3.8, 4) is 0 Å². The molecule has 1 unspecified atom stereocenters. The van der Waals surface area contributed by atoms with Gasteiger partial charge in [-0.3, -0.25) is 0 Å². The Morgan fingerprint density at radius 2 is 1.80 bits per heavy atom. The van der Waals surface area contributed by atoms with Crippen LogP contribution in [-0.4, -0.2) is 6.54 Å². The number of hydrogen-bond donors (Lipinski definition) is 1. The minimum atomic E-state index is -0.467. The van der Waals surface area contributed by atoms with E-state index in [4.69, 9.17) is 0 Å². The van der Waals surface area contributed by atoms with Crippen LogP contribution < -0.4 is 5.32 Å². The lowest BCUT2D eigenvalue weighted by atomic mass is 10.0. The first-order valence-electron chi connectivity index (χ1n) is 5.38. The van der Waals surface area contributed by atoms with Crippen LogP contribution in [0.3, 0.4) is 0 Å². The SMILES string of the molecule is CCCNC(CC)c1c(F)cccc1F. The van der Waals surface area contributed by atoms with E-state index in [0.29, 0.717) is 6.42 Å². The monoisotopic (exact) mass is 213 g/mol. The minimum Gasteiger partial charge on any atom is -0.310 e. The Bertz CT molecular complexity index is 292. The van der Waals surface area contributed by atoms with Gasteiger partial charge >= 0.3 is 0 Å². The maximum absolute atomic E-state index is 13.4. The van der Waals surface area contributed by atoms with Crippen LogP contribution >= 0.6 is 0 Å². The molecule has 1 rings (SSSR count). The van der Waals surface area contributed by atoms with Gasteiger partial charge in [0.1, 0.15) is 11.6 Å². The highest BCUT2D eigenvalue weighted by atomic mass is 19.1. The van der Waals surface area contributed by atoms with Gasteiger partial charge in [-0.05, 0) is 31.5 Å². The Hall–Kier alpha value is -0.960. The molecule has 15 heavy (non-hydrogen) atoms. The fourth-order valence-electron chi connectivity index (χ4n) is 1.61. The van der Waals surface area contributed by atoms with Crippen LogP contribution in [0.4, 0.5) is 8.78 Å². The molecular formula is C12H17F2N. The molecule has 1 nitrogen and oxygen atoms in total. The van der Waals surface area contributed by atoms with Gasteiger partial charge in [0.15, 0.2) is 0 Å². The number of rotatable bonds is 5. The molecule has 1 aromatic carbocycles. The van der Waals surface area contributed by atoms with Gasteiger partial charge in [0, 0.05) is 11.6 Å². The van der Waals surface area contributed by atoms with Gasteiger partial charge in [-0.1, -0.05) is 19.9 Å². The third-order valence-corrected chi connectivity index (χ3v) is 2.40. The molecule has 0 aliphatic heterocycles. The van der Waals surface area contributed by atoms with Gasteiger partial charge in [-0.25, -0.2) is 8.78 Å². The zero-order valence-electron chi connectivity index (χ0n) is 9.19. The molecule has 0 saturated carbocycles. The topological polar surface area (TPSA) is 12.0 Å². The van der Waals surface area contributed by atoms with E-state index >= 15 is 0 Å². The summed E-state index contributed by atoms with van der Waals surface area (Å²) in [6, 6.07) is 3.76. The third-order valence-electron chi connectivity index (χ3n) is 2.40. The van der Waals surface area contributed by atoms with E-state index in [0.717, 1.165) is 13.0 Å². The normalized spacial score (nSPS) is 12.8. The Labute approximate surface area is 89.5 Å². The van der Waals surface area contributed by atoms with Crippen molar-refractivity contribution in [3.05, 3.63) is 35.4 Å². The van der Waals surface area contributed by atoms with E-state index in [-0.39, 0.29) is 11.6 Å². The predicted molar refractivity (Wildman–Crippen MR) is 57.7 cm³/mol. The van der Waals surface area contributed by atoms with Crippen LogP contribution in [0.15, 0.2) is 18.2 Å². The fourth-order valence-corrected chi connectivity index (χ4v) is 1.61. The summed E-state index contributed by atoms with van der Waals surface area (Å²) in [7, 11) is 0. The molecule has 0 bridgehead atoms. The standard InChI is InChI=1S/C12H17F2N/c1-3-8-15-11(4-2)12-9(13)6-5-7-10(12)14/h5-7,11,15H,3-4,8H2,1-2H3.